The van der Waals surface area contributed by atoms with Crippen LogP contribution in [0.4, 0.5) is 5.69 Å². The highest BCUT2D eigenvalue weighted by atomic mass is 16.1. The number of amides is 1. The Bertz CT molecular complexity index is 723. The Labute approximate surface area is 123 Å². The molecule has 0 aliphatic carbocycles. The van der Waals surface area contributed by atoms with Gasteiger partial charge in [-0.2, -0.15) is 0 Å². The first-order valence-electron chi connectivity index (χ1n) is 7.21. The Balaban J connectivity index is 1.70. The number of carbonyl (C=O) groups excluding carboxylic acids is 1. The van der Waals surface area contributed by atoms with Crippen LogP contribution in [0.1, 0.15) is 12.8 Å². The summed E-state index contributed by atoms with van der Waals surface area (Å²) in [7, 11) is 2.08. The predicted octanol–water partition coefficient (Wildman–Crippen LogP) is 1.81. The fourth-order valence-electron chi connectivity index (χ4n) is 2.94. The lowest BCUT2D eigenvalue weighted by molar-refractivity contribution is -0.117. The topological polar surface area (TPSA) is 65.2 Å². The number of aromatic nitrogens is 1. The summed E-state index contributed by atoms with van der Waals surface area (Å²) in [6, 6.07) is 7.19. The molecule has 1 amide bonds. The van der Waals surface area contributed by atoms with Gasteiger partial charge in [-0.25, -0.2) is 0 Å². The van der Waals surface area contributed by atoms with E-state index < -0.39 is 0 Å². The van der Waals surface area contributed by atoms with Crippen molar-refractivity contribution in [3.63, 3.8) is 0 Å². The molecule has 110 valence electrons. The van der Waals surface area contributed by atoms with Gasteiger partial charge in [0.15, 0.2) is 0 Å². The van der Waals surface area contributed by atoms with E-state index in [0.717, 1.165) is 30.6 Å². The van der Waals surface area contributed by atoms with Crippen LogP contribution in [-0.2, 0) is 4.79 Å². The largest absolute Gasteiger partial charge is 0.329 e. The van der Waals surface area contributed by atoms with Gasteiger partial charge in [0.25, 0.3) is 5.56 Å². The van der Waals surface area contributed by atoms with E-state index in [-0.39, 0.29) is 11.5 Å². The molecule has 0 bridgehead atoms. The van der Waals surface area contributed by atoms with Gasteiger partial charge in [0.1, 0.15) is 0 Å². The van der Waals surface area contributed by atoms with Crippen LogP contribution in [0.25, 0.3) is 10.8 Å². The summed E-state index contributed by atoms with van der Waals surface area (Å²) in [6.45, 7) is 2.05. The molecule has 0 saturated carbocycles. The number of likely N-dealkylation sites (tertiary alicyclic amines) is 1. The van der Waals surface area contributed by atoms with Gasteiger partial charge in [0.05, 0.1) is 0 Å². The quantitative estimate of drug-likeness (QED) is 0.904. The van der Waals surface area contributed by atoms with Gasteiger partial charge in [-0.05, 0) is 55.6 Å². The van der Waals surface area contributed by atoms with Crippen LogP contribution < -0.4 is 10.9 Å². The van der Waals surface area contributed by atoms with E-state index in [1.165, 1.54) is 0 Å². The maximum Gasteiger partial charge on any atom is 0.255 e. The highest BCUT2D eigenvalue weighted by Gasteiger charge is 2.21. The van der Waals surface area contributed by atoms with E-state index in [1.54, 1.807) is 18.3 Å². The Hall–Kier alpha value is -2.14. The van der Waals surface area contributed by atoms with Crippen molar-refractivity contribution in [3.05, 3.63) is 40.8 Å². The zero-order valence-electron chi connectivity index (χ0n) is 12.1. The van der Waals surface area contributed by atoms with Crippen LogP contribution >= 0.6 is 0 Å². The van der Waals surface area contributed by atoms with Crippen LogP contribution in [0.3, 0.4) is 0 Å². The third-order valence-corrected chi connectivity index (χ3v) is 4.02. The number of aromatic amines is 1. The average molecular weight is 285 g/mol. The fraction of sp³-hybridized carbons (Fsp3) is 0.375. The van der Waals surface area contributed by atoms with Gasteiger partial charge in [-0.1, -0.05) is 0 Å². The number of carbonyl (C=O) groups is 1. The SMILES string of the molecule is CN1CCC(CC(=O)Nc2ccc3c(=O)[nH]ccc3c2)C1. The van der Waals surface area contributed by atoms with Crippen molar-refractivity contribution < 1.29 is 4.79 Å². The summed E-state index contributed by atoms with van der Waals surface area (Å²) in [5.74, 6) is 0.484. The highest BCUT2D eigenvalue weighted by molar-refractivity contribution is 5.94. The Morgan fingerprint density at radius 1 is 1.43 bits per heavy atom. The zero-order chi connectivity index (χ0) is 14.8. The number of nitrogens with zero attached hydrogens (tertiary/aromatic N) is 1. The van der Waals surface area contributed by atoms with E-state index in [4.69, 9.17) is 0 Å². The lowest BCUT2D eigenvalue weighted by Gasteiger charge is -2.11. The number of H-pyrrole nitrogens is 1. The monoisotopic (exact) mass is 285 g/mol. The van der Waals surface area contributed by atoms with Gasteiger partial charge in [-0.3, -0.25) is 9.59 Å². The van der Waals surface area contributed by atoms with Crippen molar-refractivity contribution in [2.75, 3.05) is 25.5 Å². The molecule has 0 spiro atoms. The molecule has 5 heteroatoms. The van der Waals surface area contributed by atoms with Crippen LogP contribution in [0, 0.1) is 5.92 Å². The molecule has 3 rings (SSSR count). The van der Waals surface area contributed by atoms with E-state index in [2.05, 4.69) is 22.2 Å². The first kappa shape index (κ1) is 13.8. The van der Waals surface area contributed by atoms with E-state index in [9.17, 15) is 9.59 Å². The summed E-state index contributed by atoms with van der Waals surface area (Å²) in [4.78, 5) is 28.6. The smallest absolute Gasteiger partial charge is 0.255 e. The van der Waals surface area contributed by atoms with Crippen molar-refractivity contribution >= 4 is 22.4 Å². The third kappa shape index (κ3) is 3.13. The molecule has 1 aromatic carbocycles. The number of anilines is 1. The molecular formula is C16H19N3O2. The molecule has 0 radical (unpaired) electrons. The van der Waals surface area contributed by atoms with E-state index in [1.807, 2.05) is 12.1 Å². The molecule has 2 aromatic rings. The molecule has 21 heavy (non-hydrogen) atoms. The van der Waals surface area contributed by atoms with E-state index in [0.29, 0.717) is 17.7 Å². The Morgan fingerprint density at radius 2 is 2.29 bits per heavy atom. The molecule has 2 N–H and O–H groups in total. The van der Waals surface area contributed by atoms with Crippen LogP contribution in [-0.4, -0.2) is 35.9 Å². The van der Waals surface area contributed by atoms with Crippen molar-refractivity contribution in [1.29, 1.82) is 0 Å². The summed E-state index contributed by atoms with van der Waals surface area (Å²) >= 11 is 0. The lowest BCUT2D eigenvalue weighted by atomic mass is 10.0. The normalized spacial score (nSPS) is 19.0. The second-order valence-electron chi connectivity index (χ2n) is 5.78. The molecule has 1 unspecified atom stereocenters. The molecular weight excluding hydrogens is 266 g/mol. The summed E-state index contributed by atoms with van der Waals surface area (Å²) < 4.78 is 0. The summed E-state index contributed by atoms with van der Waals surface area (Å²) in [5, 5.41) is 4.39. The van der Waals surface area contributed by atoms with Crippen molar-refractivity contribution in [1.82, 2.24) is 9.88 Å². The number of benzene rings is 1. The number of nitrogens with one attached hydrogen (secondary N) is 2. The first-order valence-corrected chi connectivity index (χ1v) is 7.21. The standard InChI is InChI=1S/C16H19N3O2/c1-19-7-5-11(10-19)8-15(20)18-13-2-3-14-12(9-13)4-6-17-16(14)21/h2-4,6,9,11H,5,7-8,10H2,1H3,(H,17,21)(H,18,20). The first-order chi connectivity index (χ1) is 10.1. The highest BCUT2D eigenvalue weighted by Crippen LogP contribution is 2.20. The van der Waals surface area contributed by atoms with Crippen molar-refractivity contribution in [3.8, 4) is 0 Å². The number of pyridine rings is 1. The molecule has 5 nitrogen and oxygen atoms in total. The summed E-state index contributed by atoms with van der Waals surface area (Å²) in [5.41, 5.74) is 0.629. The van der Waals surface area contributed by atoms with Gasteiger partial charge < -0.3 is 15.2 Å². The lowest BCUT2D eigenvalue weighted by Crippen LogP contribution is -2.19. The molecule has 1 aliphatic rings. The molecule has 1 aliphatic heterocycles. The molecule has 1 saturated heterocycles. The van der Waals surface area contributed by atoms with Gasteiger partial charge in [0.2, 0.25) is 5.91 Å². The number of hydrogen-bond acceptors (Lipinski definition) is 3. The third-order valence-electron chi connectivity index (χ3n) is 4.02. The number of rotatable bonds is 3. The fourth-order valence-corrected chi connectivity index (χ4v) is 2.94. The maximum absolute atomic E-state index is 12.1. The molecule has 1 atom stereocenters. The second-order valence-corrected chi connectivity index (χ2v) is 5.78. The van der Waals surface area contributed by atoms with Crippen molar-refractivity contribution in [2.45, 2.75) is 12.8 Å². The van der Waals surface area contributed by atoms with Crippen molar-refractivity contribution in [2.24, 2.45) is 5.92 Å². The van der Waals surface area contributed by atoms with Gasteiger partial charge in [0, 0.05) is 30.2 Å². The maximum atomic E-state index is 12.1. The average Bonchev–Trinajstić information content (AvgIpc) is 2.84. The van der Waals surface area contributed by atoms with Crippen LogP contribution in [0.15, 0.2) is 35.3 Å². The van der Waals surface area contributed by atoms with Crippen LogP contribution in [0.2, 0.25) is 0 Å². The Kier molecular flexibility index (Phi) is 3.75. The minimum absolute atomic E-state index is 0.0412. The Morgan fingerprint density at radius 3 is 3.05 bits per heavy atom. The van der Waals surface area contributed by atoms with Gasteiger partial charge in [-0.15, -0.1) is 0 Å². The zero-order valence-corrected chi connectivity index (χ0v) is 12.1. The second kappa shape index (κ2) is 5.69. The summed E-state index contributed by atoms with van der Waals surface area (Å²) in [6.07, 6.45) is 3.25. The predicted molar refractivity (Wildman–Crippen MR) is 83.4 cm³/mol. The van der Waals surface area contributed by atoms with Crippen LogP contribution in [0.5, 0.6) is 0 Å². The minimum Gasteiger partial charge on any atom is -0.329 e. The number of hydrogen-bond donors (Lipinski definition) is 2. The van der Waals surface area contributed by atoms with Gasteiger partial charge >= 0.3 is 0 Å². The molecule has 1 fully saturated rings. The minimum atomic E-state index is -0.112. The molecule has 2 heterocycles. The number of fused-ring (bicyclic) bond motifs is 1. The van der Waals surface area contributed by atoms with E-state index >= 15 is 0 Å². The molecule has 1 aromatic heterocycles.